The van der Waals surface area contributed by atoms with E-state index in [-0.39, 0.29) is 17.7 Å². The molecule has 1 fully saturated rings. The van der Waals surface area contributed by atoms with Gasteiger partial charge in [-0.05, 0) is 40.0 Å². The van der Waals surface area contributed by atoms with Crippen molar-refractivity contribution >= 4 is 5.96 Å². The molecule has 1 aliphatic carbocycles. The quantitative estimate of drug-likeness (QED) is 0.450. The van der Waals surface area contributed by atoms with Gasteiger partial charge in [0, 0.05) is 5.54 Å². The van der Waals surface area contributed by atoms with Crippen LogP contribution in [0.4, 0.5) is 0 Å². The van der Waals surface area contributed by atoms with Gasteiger partial charge >= 0.3 is 0 Å². The molecular weight excluding hydrogens is 178 g/mol. The van der Waals surface area contributed by atoms with Crippen LogP contribution in [0, 0.1) is 0 Å². The zero-order chi connectivity index (χ0) is 10.8. The predicted octanol–water partition coefficient (Wildman–Crippen LogP) is 0.604. The molecule has 1 saturated carbocycles. The Kier molecular flexibility index (Phi) is 3.04. The van der Waals surface area contributed by atoms with Gasteiger partial charge in [0.25, 0.3) is 0 Å². The molecule has 0 heterocycles. The van der Waals surface area contributed by atoms with Crippen LogP contribution in [0.15, 0.2) is 4.99 Å². The average molecular weight is 199 g/mol. The fraction of sp³-hybridized carbons (Fsp3) is 0.900. The summed E-state index contributed by atoms with van der Waals surface area (Å²) in [5, 5.41) is 12.3. The molecule has 0 amide bonds. The fourth-order valence-electron chi connectivity index (χ4n) is 1.56. The number of rotatable bonds is 2. The summed E-state index contributed by atoms with van der Waals surface area (Å²) in [6.45, 7) is 6.19. The van der Waals surface area contributed by atoms with E-state index in [9.17, 15) is 5.11 Å². The van der Waals surface area contributed by atoms with E-state index in [1.807, 2.05) is 20.8 Å². The molecule has 0 radical (unpaired) electrons. The Bertz CT molecular complexity index is 221. The SMILES string of the molecule is CC(C)(C)NC(N)=NC1(CO)CCC1. The number of nitrogens with one attached hydrogen (secondary N) is 1. The second kappa shape index (κ2) is 3.77. The van der Waals surface area contributed by atoms with Gasteiger partial charge in [-0.2, -0.15) is 0 Å². The van der Waals surface area contributed by atoms with E-state index in [1.165, 1.54) is 0 Å². The maximum atomic E-state index is 9.19. The van der Waals surface area contributed by atoms with E-state index in [1.54, 1.807) is 0 Å². The first kappa shape index (κ1) is 11.3. The van der Waals surface area contributed by atoms with Gasteiger partial charge in [0.15, 0.2) is 5.96 Å². The van der Waals surface area contributed by atoms with Gasteiger partial charge in [0.2, 0.25) is 0 Å². The molecule has 4 N–H and O–H groups in total. The molecule has 0 saturated heterocycles. The highest BCUT2D eigenvalue weighted by molar-refractivity contribution is 5.79. The van der Waals surface area contributed by atoms with Crippen LogP contribution in [-0.2, 0) is 0 Å². The number of aliphatic hydroxyl groups excluding tert-OH is 1. The van der Waals surface area contributed by atoms with Crippen LogP contribution in [0.1, 0.15) is 40.0 Å². The summed E-state index contributed by atoms with van der Waals surface area (Å²) >= 11 is 0. The molecule has 0 aromatic carbocycles. The van der Waals surface area contributed by atoms with Gasteiger partial charge in [-0.25, -0.2) is 4.99 Å². The summed E-state index contributed by atoms with van der Waals surface area (Å²) in [6, 6.07) is 0. The number of aliphatic imine (C=N–C) groups is 1. The lowest BCUT2D eigenvalue weighted by Crippen LogP contribution is -2.49. The summed E-state index contributed by atoms with van der Waals surface area (Å²) in [5.74, 6) is 0.436. The van der Waals surface area contributed by atoms with Crippen LogP contribution in [0.25, 0.3) is 0 Å². The Morgan fingerprint density at radius 1 is 1.50 bits per heavy atom. The number of hydrogen-bond acceptors (Lipinski definition) is 2. The molecule has 1 rings (SSSR count). The minimum absolute atomic E-state index is 0.0754. The van der Waals surface area contributed by atoms with E-state index in [4.69, 9.17) is 5.73 Å². The zero-order valence-electron chi connectivity index (χ0n) is 9.30. The van der Waals surface area contributed by atoms with E-state index < -0.39 is 0 Å². The van der Waals surface area contributed by atoms with Gasteiger partial charge in [-0.3, -0.25) is 0 Å². The van der Waals surface area contributed by atoms with Gasteiger partial charge in [-0.15, -0.1) is 0 Å². The number of nitrogens with zero attached hydrogens (tertiary/aromatic N) is 1. The highest BCUT2D eigenvalue weighted by Crippen LogP contribution is 2.35. The molecule has 0 bridgehead atoms. The second-order valence-corrected chi connectivity index (χ2v) is 5.11. The van der Waals surface area contributed by atoms with Crippen molar-refractivity contribution < 1.29 is 5.11 Å². The van der Waals surface area contributed by atoms with Gasteiger partial charge in [-0.1, -0.05) is 0 Å². The molecule has 0 spiro atoms. The zero-order valence-corrected chi connectivity index (χ0v) is 9.30. The smallest absolute Gasteiger partial charge is 0.189 e. The molecule has 82 valence electrons. The lowest BCUT2D eigenvalue weighted by molar-refractivity contribution is 0.128. The van der Waals surface area contributed by atoms with Gasteiger partial charge in [0.1, 0.15) is 0 Å². The maximum absolute atomic E-state index is 9.19. The molecule has 0 atom stereocenters. The van der Waals surface area contributed by atoms with Crippen LogP contribution in [0.5, 0.6) is 0 Å². The van der Waals surface area contributed by atoms with Crippen LogP contribution in [0.2, 0.25) is 0 Å². The molecule has 0 unspecified atom stereocenters. The Morgan fingerprint density at radius 3 is 2.36 bits per heavy atom. The molecule has 4 heteroatoms. The minimum Gasteiger partial charge on any atom is -0.394 e. The first-order valence-corrected chi connectivity index (χ1v) is 5.11. The third-order valence-corrected chi connectivity index (χ3v) is 2.44. The third-order valence-electron chi connectivity index (χ3n) is 2.44. The highest BCUT2D eigenvalue weighted by atomic mass is 16.3. The molecule has 4 nitrogen and oxygen atoms in total. The minimum atomic E-state index is -0.289. The highest BCUT2D eigenvalue weighted by Gasteiger charge is 2.36. The summed E-state index contributed by atoms with van der Waals surface area (Å²) in [4.78, 5) is 4.35. The monoisotopic (exact) mass is 199 g/mol. The Labute approximate surface area is 85.6 Å². The third kappa shape index (κ3) is 2.87. The van der Waals surface area contributed by atoms with E-state index in [0.717, 1.165) is 19.3 Å². The summed E-state index contributed by atoms with van der Waals surface area (Å²) in [6.07, 6.45) is 3.01. The molecule has 0 aromatic rings. The first-order chi connectivity index (χ1) is 6.37. The van der Waals surface area contributed by atoms with Crippen molar-refractivity contribution in [3.63, 3.8) is 0 Å². The number of hydrogen-bond donors (Lipinski definition) is 3. The van der Waals surface area contributed by atoms with Crippen molar-refractivity contribution in [2.75, 3.05) is 6.61 Å². The summed E-state index contributed by atoms with van der Waals surface area (Å²) in [5.41, 5.74) is 5.39. The number of aliphatic hydroxyl groups is 1. The van der Waals surface area contributed by atoms with Gasteiger partial charge < -0.3 is 16.2 Å². The predicted molar refractivity (Wildman–Crippen MR) is 58.2 cm³/mol. The van der Waals surface area contributed by atoms with Gasteiger partial charge in [0.05, 0.1) is 12.1 Å². The molecule has 14 heavy (non-hydrogen) atoms. The number of guanidine groups is 1. The van der Waals surface area contributed by atoms with E-state index in [0.29, 0.717) is 5.96 Å². The lowest BCUT2D eigenvalue weighted by Gasteiger charge is -2.37. The Morgan fingerprint density at radius 2 is 2.07 bits per heavy atom. The van der Waals surface area contributed by atoms with Crippen molar-refractivity contribution in [3.8, 4) is 0 Å². The summed E-state index contributed by atoms with van der Waals surface area (Å²) < 4.78 is 0. The van der Waals surface area contributed by atoms with E-state index >= 15 is 0 Å². The molecule has 0 aliphatic heterocycles. The van der Waals surface area contributed by atoms with Crippen molar-refractivity contribution in [1.82, 2.24) is 5.32 Å². The van der Waals surface area contributed by atoms with Crippen LogP contribution in [-0.4, -0.2) is 28.8 Å². The largest absolute Gasteiger partial charge is 0.394 e. The second-order valence-electron chi connectivity index (χ2n) is 5.11. The molecule has 1 aliphatic rings. The van der Waals surface area contributed by atoms with Crippen molar-refractivity contribution in [2.45, 2.75) is 51.1 Å². The lowest BCUT2D eigenvalue weighted by atomic mass is 9.78. The Balaban J connectivity index is 2.58. The maximum Gasteiger partial charge on any atom is 0.189 e. The van der Waals surface area contributed by atoms with Crippen molar-refractivity contribution in [3.05, 3.63) is 0 Å². The fourth-order valence-corrected chi connectivity index (χ4v) is 1.56. The van der Waals surface area contributed by atoms with Crippen LogP contribution >= 0.6 is 0 Å². The van der Waals surface area contributed by atoms with Crippen molar-refractivity contribution in [2.24, 2.45) is 10.7 Å². The van der Waals surface area contributed by atoms with E-state index in [2.05, 4.69) is 10.3 Å². The van der Waals surface area contributed by atoms with Crippen molar-refractivity contribution in [1.29, 1.82) is 0 Å². The van der Waals surface area contributed by atoms with Crippen LogP contribution < -0.4 is 11.1 Å². The Hall–Kier alpha value is -0.770. The normalized spacial score (nSPS) is 21.6. The standard InChI is InChI=1S/C10H21N3O/c1-9(2,3)12-8(11)13-10(7-14)5-4-6-10/h14H,4-7H2,1-3H3,(H3,11,12,13). The first-order valence-electron chi connectivity index (χ1n) is 5.11. The molecule has 0 aromatic heterocycles. The van der Waals surface area contributed by atoms with Crippen LogP contribution in [0.3, 0.4) is 0 Å². The molecular formula is C10H21N3O. The number of nitrogens with two attached hydrogens (primary N) is 1. The summed E-state index contributed by atoms with van der Waals surface area (Å²) in [7, 11) is 0. The average Bonchev–Trinajstić information content (AvgIpc) is 1.93. The topological polar surface area (TPSA) is 70.6 Å².